The topological polar surface area (TPSA) is 81.7 Å². The van der Waals surface area contributed by atoms with Crippen LogP contribution in [0.3, 0.4) is 0 Å². The van der Waals surface area contributed by atoms with E-state index in [1.165, 1.54) is 27.5 Å². The summed E-state index contributed by atoms with van der Waals surface area (Å²) in [5.41, 5.74) is 1.61. The van der Waals surface area contributed by atoms with Crippen LogP contribution in [0, 0.1) is 0 Å². The van der Waals surface area contributed by atoms with E-state index in [1.54, 1.807) is 24.4 Å². The Balaban J connectivity index is 2.26. The van der Waals surface area contributed by atoms with Crippen LogP contribution in [-0.4, -0.2) is 37.8 Å². The van der Waals surface area contributed by atoms with Crippen LogP contribution in [0.15, 0.2) is 30.6 Å². The molecule has 2 N–H and O–H groups in total. The van der Waals surface area contributed by atoms with Crippen molar-refractivity contribution in [3.05, 3.63) is 36.2 Å². The van der Waals surface area contributed by atoms with Crippen molar-refractivity contribution in [2.75, 3.05) is 32.0 Å². The van der Waals surface area contributed by atoms with Crippen molar-refractivity contribution in [2.24, 2.45) is 0 Å². The third kappa shape index (κ3) is 4.78. The molecule has 0 saturated carbocycles. The molecule has 26 heavy (non-hydrogen) atoms. The van der Waals surface area contributed by atoms with Gasteiger partial charge in [-0.3, -0.25) is 9.78 Å². The van der Waals surface area contributed by atoms with Crippen molar-refractivity contribution in [2.45, 2.75) is 26.3 Å². The third-order valence-electron chi connectivity index (χ3n) is 3.44. The molecule has 0 atom stereocenters. The van der Waals surface area contributed by atoms with Crippen LogP contribution in [0.1, 0.15) is 31.1 Å². The lowest BCUT2D eigenvalue weighted by molar-refractivity contribution is 0.102. The molecule has 0 spiro atoms. The Morgan fingerprint density at radius 2 is 1.54 bits per heavy atom. The van der Waals surface area contributed by atoms with E-state index in [-0.39, 0.29) is 11.4 Å². The Kier molecular flexibility index (Phi) is 5.92. The summed E-state index contributed by atoms with van der Waals surface area (Å²) in [6.07, 6.45) is 3.20. The molecule has 0 aliphatic rings. The predicted octanol–water partition coefficient (Wildman–Crippen LogP) is 3.57. The van der Waals surface area contributed by atoms with Gasteiger partial charge in [-0.15, -0.1) is 0 Å². The molecule has 7 heteroatoms. The standard InChI is InChI=1S/C19H25N3O4/c1-19(2,3)22-14-7-12(10-20-11-14)18(23)21-13-8-15(24-4)17(26-6)16(9-13)25-5/h7-11,22H,1-6H3,(H,21,23). The van der Waals surface area contributed by atoms with Crippen molar-refractivity contribution >= 4 is 17.3 Å². The van der Waals surface area contributed by atoms with Crippen molar-refractivity contribution in [1.82, 2.24) is 4.98 Å². The minimum atomic E-state index is -0.288. The van der Waals surface area contributed by atoms with Gasteiger partial charge in [0.05, 0.1) is 32.6 Å². The van der Waals surface area contributed by atoms with Gasteiger partial charge in [0.1, 0.15) is 0 Å². The van der Waals surface area contributed by atoms with Gasteiger partial charge < -0.3 is 24.8 Å². The summed E-state index contributed by atoms with van der Waals surface area (Å²) in [6, 6.07) is 5.10. The summed E-state index contributed by atoms with van der Waals surface area (Å²) in [5.74, 6) is 1.10. The normalized spacial score (nSPS) is 10.8. The van der Waals surface area contributed by atoms with Crippen LogP contribution in [0.5, 0.6) is 17.2 Å². The second kappa shape index (κ2) is 7.95. The number of aromatic nitrogens is 1. The summed E-state index contributed by atoms with van der Waals surface area (Å²) in [7, 11) is 4.57. The van der Waals surface area contributed by atoms with E-state index in [4.69, 9.17) is 14.2 Å². The maximum Gasteiger partial charge on any atom is 0.257 e. The van der Waals surface area contributed by atoms with Crippen LogP contribution in [0.4, 0.5) is 11.4 Å². The van der Waals surface area contributed by atoms with E-state index in [9.17, 15) is 4.79 Å². The molecule has 7 nitrogen and oxygen atoms in total. The number of anilines is 2. The van der Waals surface area contributed by atoms with Gasteiger partial charge in [0.15, 0.2) is 11.5 Å². The van der Waals surface area contributed by atoms with E-state index in [2.05, 4.69) is 15.6 Å². The lowest BCUT2D eigenvalue weighted by Gasteiger charge is -2.22. The number of hydrogen-bond acceptors (Lipinski definition) is 6. The highest BCUT2D eigenvalue weighted by Crippen LogP contribution is 2.40. The number of pyridine rings is 1. The van der Waals surface area contributed by atoms with Crippen molar-refractivity contribution in [1.29, 1.82) is 0 Å². The first-order valence-electron chi connectivity index (χ1n) is 8.12. The molecule has 1 heterocycles. The molecule has 1 aromatic carbocycles. The molecule has 0 fully saturated rings. The van der Waals surface area contributed by atoms with Gasteiger partial charge in [-0.2, -0.15) is 0 Å². The van der Waals surface area contributed by atoms with Gasteiger partial charge in [-0.05, 0) is 26.8 Å². The number of carbonyl (C=O) groups is 1. The highest BCUT2D eigenvalue weighted by atomic mass is 16.5. The highest BCUT2D eigenvalue weighted by molar-refractivity contribution is 6.04. The zero-order chi connectivity index (χ0) is 19.3. The Labute approximate surface area is 153 Å². The van der Waals surface area contributed by atoms with Crippen molar-refractivity contribution < 1.29 is 19.0 Å². The van der Waals surface area contributed by atoms with Gasteiger partial charge >= 0.3 is 0 Å². The fourth-order valence-electron chi connectivity index (χ4n) is 2.42. The average Bonchev–Trinajstić information content (AvgIpc) is 2.59. The molecule has 0 aliphatic heterocycles. The number of methoxy groups -OCH3 is 3. The largest absolute Gasteiger partial charge is 0.493 e. The van der Waals surface area contributed by atoms with E-state index < -0.39 is 0 Å². The minimum absolute atomic E-state index is 0.131. The lowest BCUT2D eigenvalue weighted by Crippen LogP contribution is -2.26. The second-order valence-corrected chi connectivity index (χ2v) is 6.71. The number of nitrogens with zero attached hydrogens (tertiary/aromatic N) is 1. The molecule has 2 aromatic rings. The fourth-order valence-corrected chi connectivity index (χ4v) is 2.42. The van der Waals surface area contributed by atoms with Crippen LogP contribution in [-0.2, 0) is 0 Å². The van der Waals surface area contributed by atoms with Gasteiger partial charge in [-0.1, -0.05) is 0 Å². The van der Waals surface area contributed by atoms with E-state index in [1.807, 2.05) is 20.8 Å². The third-order valence-corrected chi connectivity index (χ3v) is 3.44. The molecule has 0 aliphatic carbocycles. The van der Waals surface area contributed by atoms with E-state index in [0.29, 0.717) is 28.5 Å². The Bertz CT molecular complexity index is 760. The fraction of sp³-hybridized carbons (Fsp3) is 0.368. The Hall–Kier alpha value is -2.96. The zero-order valence-electron chi connectivity index (χ0n) is 16.0. The monoisotopic (exact) mass is 359 g/mol. The van der Waals surface area contributed by atoms with Crippen LogP contribution >= 0.6 is 0 Å². The molecule has 140 valence electrons. The SMILES string of the molecule is COc1cc(NC(=O)c2cncc(NC(C)(C)C)c2)cc(OC)c1OC. The van der Waals surface area contributed by atoms with Gasteiger partial charge in [0.25, 0.3) is 5.91 Å². The maximum atomic E-state index is 12.6. The van der Waals surface area contributed by atoms with Gasteiger partial charge in [0, 0.05) is 35.8 Å². The molecule has 0 bridgehead atoms. The van der Waals surface area contributed by atoms with Gasteiger partial charge in [0.2, 0.25) is 5.75 Å². The predicted molar refractivity (Wildman–Crippen MR) is 102 cm³/mol. The summed E-state index contributed by atoms with van der Waals surface area (Å²) in [6.45, 7) is 6.11. The molecule has 0 saturated heterocycles. The second-order valence-electron chi connectivity index (χ2n) is 6.71. The molecule has 1 amide bonds. The number of benzene rings is 1. The average molecular weight is 359 g/mol. The molecule has 0 radical (unpaired) electrons. The zero-order valence-corrected chi connectivity index (χ0v) is 16.0. The first-order chi connectivity index (χ1) is 12.3. The van der Waals surface area contributed by atoms with Crippen molar-refractivity contribution in [3.63, 3.8) is 0 Å². The Morgan fingerprint density at radius 1 is 0.923 bits per heavy atom. The smallest absolute Gasteiger partial charge is 0.257 e. The van der Waals surface area contributed by atoms with Gasteiger partial charge in [-0.25, -0.2) is 0 Å². The molecule has 1 aromatic heterocycles. The van der Waals surface area contributed by atoms with Crippen molar-refractivity contribution in [3.8, 4) is 17.2 Å². The number of carbonyl (C=O) groups excluding carboxylic acids is 1. The number of ether oxygens (including phenoxy) is 3. The molecule has 2 rings (SSSR count). The number of hydrogen-bond donors (Lipinski definition) is 2. The highest BCUT2D eigenvalue weighted by Gasteiger charge is 2.16. The molecular formula is C19H25N3O4. The minimum Gasteiger partial charge on any atom is -0.493 e. The van der Waals surface area contributed by atoms with Crippen LogP contribution in [0.25, 0.3) is 0 Å². The van der Waals surface area contributed by atoms with E-state index >= 15 is 0 Å². The summed E-state index contributed by atoms with van der Waals surface area (Å²) in [4.78, 5) is 16.7. The number of amides is 1. The lowest BCUT2D eigenvalue weighted by atomic mass is 10.1. The number of rotatable bonds is 6. The van der Waals surface area contributed by atoms with Crippen LogP contribution in [0.2, 0.25) is 0 Å². The first-order valence-corrected chi connectivity index (χ1v) is 8.12. The van der Waals surface area contributed by atoms with E-state index in [0.717, 1.165) is 5.69 Å². The van der Waals surface area contributed by atoms with Crippen LogP contribution < -0.4 is 24.8 Å². The summed E-state index contributed by atoms with van der Waals surface area (Å²) in [5, 5.41) is 6.12. The summed E-state index contributed by atoms with van der Waals surface area (Å²) >= 11 is 0. The molecule has 0 unspecified atom stereocenters. The maximum absolute atomic E-state index is 12.6. The quantitative estimate of drug-likeness (QED) is 0.821. The first kappa shape index (κ1) is 19.4. The summed E-state index contributed by atoms with van der Waals surface area (Å²) < 4.78 is 15.9. The Morgan fingerprint density at radius 3 is 2.04 bits per heavy atom. The number of nitrogens with one attached hydrogen (secondary N) is 2. The molecular weight excluding hydrogens is 334 g/mol.